The third-order valence-corrected chi connectivity index (χ3v) is 5.02. The minimum atomic E-state index is -0.228. The van der Waals surface area contributed by atoms with Gasteiger partial charge in [0, 0.05) is 30.6 Å². The van der Waals surface area contributed by atoms with Crippen LogP contribution in [-0.4, -0.2) is 45.1 Å². The van der Waals surface area contributed by atoms with E-state index in [1.807, 2.05) is 31.2 Å². The lowest BCUT2D eigenvalue weighted by atomic mass is 10.1. The number of hydrogen-bond donors (Lipinski definition) is 1. The summed E-state index contributed by atoms with van der Waals surface area (Å²) in [6.07, 6.45) is 3.33. The summed E-state index contributed by atoms with van der Waals surface area (Å²) in [6.45, 7) is 2.23. The average molecular weight is 412 g/mol. The Bertz CT molecular complexity index is 956. The number of rotatable bonds is 7. The maximum atomic E-state index is 12.5. The van der Waals surface area contributed by atoms with Gasteiger partial charge in [0.15, 0.2) is 0 Å². The largest absolute Gasteiger partial charge is 0.352 e. The summed E-state index contributed by atoms with van der Waals surface area (Å²) in [4.78, 5) is 30.2. The van der Waals surface area contributed by atoms with Crippen molar-refractivity contribution in [2.24, 2.45) is 0 Å². The first-order valence-corrected chi connectivity index (χ1v) is 9.58. The van der Waals surface area contributed by atoms with Gasteiger partial charge in [0.25, 0.3) is 5.91 Å². The van der Waals surface area contributed by atoms with Crippen LogP contribution < -0.4 is 5.32 Å². The molecule has 0 aliphatic carbocycles. The Balaban J connectivity index is 1.51. The van der Waals surface area contributed by atoms with Gasteiger partial charge >= 0.3 is 0 Å². The first-order valence-electron chi connectivity index (χ1n) is 9.20. The maximum absolute atomic E-state index is 12.5. The van der Waals surface area contributed by atoms with Crippen molar-refractivity contribution in [1.82, 2.24) is 25.0 Å². The topological polar surface area (TPSA) is 80.1 Å². The van der Waals surface area contributed by atoms with E-state index >= 15 is 0 Å². The first kappa shape index (κ1) is 20.5. The van der Waals surface area contributed by atoms with E-state index in [1.54, 1.807) is 47.2 Å². The average Bonchev–Trinajstić information content (AvgIpc) is 3.28. The van der Waals surface area contributed by atoms with Crippen LogP contribution in [0.4, 0.5) is 0 Å². The summed E-state index contributed by atoms with van der Waals surface area (Å²) < 4.78 is 1.67. The molecule has 0 spiro atoms. The van der Waals surface area contributed by atoms with Crippen LogP contribution in [-0.2, 0) is 4.79 Å². The molecule has 29 heavy (non-hydrogen) atoms. The van der Waals surface area contributed by atoms with Crippen molar-refractivity contribution in [2.45, 2.75) is 19.4 Å². The van der Waals surface area contributed by atoms with E-state index in [1.165, 1.54) is 6.33 Å². The molecule has 8 heteroatoms. The van der Waals surface area contributed by atoms with Crippen LogP contribution in [0.3, 0.4) is 0 Å². The van der Waals surface area contributed by atoms with Crippen molar-refractivity contribution in [1.29, 1.82) is 0 Å². The normalized spacial score (nSPS) is 11.7. The summed E-state index contributed by atoms with van der Waals surface area (Å²) >= 11 is 5.82. The minimum absolute atomic E-state index is 0.0470. The van der Waals surface area contributed by atoms with Crippen molar-refractivity contribution in [3.63, 3.8) is 0 Å². The number of carbonyl (C=O) groups excluding carboxylic acids is 2. The van der Waals surface area contributed by atoms with Crippen LogP contribution in [0.15, 0.2) is 61.2 Å². The van der Waals surface area contributed by atoms with Crippen molar-refractivity contribution < 1.29 is 9.59 Å². The van der Waals surface area contributed by atoms with E-state index < -0.39 is 0 Å². The lowest BCUT2D eigenvalue weighted by Gasteiger charge is -2.25. The van der Waals surface area contributed by atoms with Crippen LogP contribution in [0.2, 0.25) is 5.02 Å². The van der Waals surface area contributed by atoms with Crippen LogP contribution in [0.5, 0.6) is 0 Å². The molecular formula is C21H22ClN5O2. The third kappa shape index (κ3) is 5.20. The molecule has 0 bridgehead atoms. The highest BCUT2D eigenvalue weighted by Gasteiger charge is 2.17. The molecule has 0 aliphatic rings. The van der Waals surface area contributed by atoms with Crippen molar-refractivity contribution >= 4 is 23.4 Å². The van der Waals surface area contributed by atoms with E-state index in [4.69, 9.17) is 11.6 Å². The number of hydrogen-bond acceptors (Lipinski definition) is 4. The lowest BCUT2D eigenvalue weighted by Crippen LogP contribution is -2.33. The molecule has 0 saturated heterocycles. The van der Waals surface area contributed by atoms with Crippen LogP contribution in [0.1, 0.15) is 35.3 Å². The van der Waals surface area contributed by atoms with Gasteiger partial charge in [-0.1, -0.05) is 23.7 Å². The zero-order valence-corrected chi connectivity index (χ0v) is 17.0. The standard InChI is InChI=1S/C21H22ClN5O2/c1-15(16-5-9-19(10-6-16)27-14-23-13-25-27)26(2)20(28)11-12-24-21(29)17-3-7-18(22)8-4-17/h3-10,13-15H,11-12H2,1-2H3,(H,24,29)/t15-/m1/s1. The van der Waals surface area contributed by atoms with Crippen molar-refractivity contribution in [3.8, 4) is 5.69 Å². The molecule has 1 heterocycles. The Morgan fingerprint density at radius 1 is 1.14 bits per heavy atom. The molecule has 0 radical (unpaired) electrons. The molecule has 2 aromatic carbocycles. The van der Waals surface area contributed by atoms with E-state index in [0.717, 1.165) is 11.3 Å². The van der Waals surface area contributed by atoms with Gasteiger partial charge in [0.05, 0.1) is 11.7 Å². The monoisotopic (exact) mass is 411 g/mol. The second kappa shape index (κ2) is 9.34. The highest BCUT2D eigenvalue weighted by molar-refractivity contribution is 6.30. The third-order valence-electron chi connectivity index (χ3n) is 4.76. The molecular weight excluding hydrogens is 390 g/mol. The molecule has 3 aromatic rings. The SMILES string of the molecule is C[C@H](c1ccc(-n2cncn2)cc1)N(C)C(=O)CCNC(=O)c1ccc(Cl)cc1. The highest BCUT2D eigenvalue weighted by Crippen LogP contribution is 2.20. The second-order valence-electron chi connectivity index (χ2n) is 6.62. The first-order chi connectivity index (χ1) is 14.0. The summed E-state index contributed by atoms with van der Waals surface area (Å²) in [7, 11) is 1.76. The Morgan fingerprint density at radius 3 is 2.45 bits per heavy atom. The maximum Gasteiger partial charge on any atom is 0.251 e. The fourth-order valence-corrected chi connectivity index (χ4v) is 2.98. The van der Waals surface area contributed by atoms with Crippen molar-refractivity contribution in [3.05, 3.63) is 77.3 Å². The van der Waals surface area contributed by atoms with Gasteiger partial charge in [0.1, 0.15) is 12.7 Å². The Labute approximate surface area is 174 Å². The molecule has 0 unspecified atom stereocenters. The van der Waals surface area contributed by atoms with Gasteiger partial charge in [-0.2, -0.15) is 5.10 Å². The zero-order valence-electron chi connectivity index (χ0n) is 16.2. The van der Waals surface area contributed by atoms with Gasteiger partial charge < -0.3 is 10.2 Å². The number of nitrogens with zero attached hydrogens (tertiary/aromatic N) is 4. The van der Waals surface area contributed by atoms with E-state index in [0.29, 0.717) is 10.6 Å². The Kier molecular flexibility index (Phi) is 6.61. The van der Waals surface area contributed by atoms with Gasteiger partial charge in [0.2, 0.25) is 5.91 Å². The van der Waals surface area contributed by atoms with E-state index in [9.17, 15) is 9.59 Å². The number of nitrogens with one attached hydrogen (secondary N) is 1. The fourth-order valence-electron chi connectivity index (χ4n) is 2.85. The summed E-state index contributed by atoms with van der Waals surface area (Å²) in [5.74, 6) is -0.275. The number of amides is 2. The number of benzene rings is 2. The summed E-state index contributed by atoms with van der Waals surface area (Å²) in [6, 6.07) is 14.3. The quantitative estimate of drug-likeness (QED) is 0.647. The van der Waals surface area contributed by atoms with Crippen molar-refractivity contribution in [2.75, 3.05) is 13.6 Å². The lowest BCUT2D eigenvalue weighted by molar-refractivity contribution is -0.131. The second-order valence-corrected chi connectivity index (χ2v) is 7.06. The molecule has 0 aliphatic heterocycles. The molecule has 1 atom stereocenters. The Hall–Kier alpha value is -3.19. The molecule has 3 rings (SSSR count). The molecule has 7 nitrogen and oxygen atoms in total. The molecule has 1 N–H and O–H groups in total. The predicted octanol–water partition coefficient (Wildman–Crippen LogP) is 3.26. The number of carbonyl (C=O) groups is 2. The fraction of sp³-hybridized carbons (Fsp3) is 0.238. The van der Waals surface area contributed by atoms with Crippen LogP contribution in [0, 0.1) is 0 Å². The summed E-state index contributed by atoms with van der Waals surface area (Å²) in [5, 5.41) is 7.43. The van der Waals surface area contributed by atoms with E-state index in [2.05, 4.69) is 15.4 Å². The molecule has 1 aromatic heterocycles. The van der Waals surface area contributed by atoms with Gasteiger partial charge in [-0.25, -0.2) is 9.67 Å². The molecule has 150 valence electrons. The van der Waals surface area contributed by atoms with Crippen LogP contribution >= 0.6 is 11.6 Å². The predicted molar refractivity (Wildman–Crippen MR) is 111 cm³/mol. The zero-order chi connectivity index (χ0) is 20.8. The number of aromatic nitrogens is 3. The Morgan fingerprint density at radius 2 is 1.83 bits per heavy atom. The molecule has 0 saturated carbocycles. The van der Waals surface area contributed by atoms with Gasteiger partial charge in [-0.15, -0.1) is 0 Å². The summed E-state index contributed by atoms with van der Waals surface area (Å²) in [5.41, 5.74) is 2.42. The van der Waals surface area contributed by atoms with Crippen LogP contribution in [0.25, 0.3) is 5.69 Å². The molecule has 0 fully saturated rings. The number of halogens is 1. The van der Waals surface area contributed by atoms with Gasteiger partial charge in [-0.3, -0.25) is 9.59 Å². The van der Waals surface area contributed by atoms with E-state index in [-0.39, 0.29) is 30.8 Å². The van der Waals surface area contributed by atoms with Gasteiger partial charge in [-0.05, 0) is 48.9 Å². The minimum Gasteiger partial charge on any atom is -0.352 e. The molecule has 2 amide bonds. The highest BCUT2D eigenvalue weighted by atomic mass is 35.5. The smallest absolute Gasteiger partial charge is 0.251 e.